The van der Waals surface area contributed by atoms with E-state index in [-0.39, 0.29) is 0 Å². The van der Waals surface area contributed by atoms with Crippen LogP contribution in [-0.4, -0.2) is 24.1 Å². The Balaban J connectivity index is 1.87. The van der Waals surface area contributed by atoms with Gasteiger partial charge in [-0.05, 0) is 6.07 Å². The van der Waals surface area contributed by atoms with Crippen LogP contribution in [0, 0.1) is 0 Å². The quantitative estimate of drug-likeness (QED) is 0.613. The predicted molar refractivity (Wildman–Crippen MR) is 54.5 cm³/mol. The number of nitrogens with zero attached hydrogens (tertiary/aromatic N) is 1. The Labute approximate surface area is 84.9 Å². The Morgan fingerprint density at radius 2 is 2.21 bits per heavy atom. The summed E-state index contributed by atoms with van der Waals surface area (Å²) in [5.74, 6) is 0. The molecule has 0 radical (unpaired) electrons. The first-order valence-electron chi connectivity index (χ1n) is 5.40. The standard InChI is InChI=1S/C11H17N3/c12-11-3-6-14(7-4-11)9-10-2-1-5-13-8-10/h1-2,5,8,11H,3-4,6-7,9,12H2/p+2. The summed E-state index contributed by atoms with van der Waals surface area (Å²) in [4.78, 5) is 5.82. The summed E-state index contributed by atoms with van der Waals surface area (Å²) in [7, 11) is 0. The summed E-state index contributed by atoms with van der Waals surface area (Å²) in [6, 6.07) is 4.87. The van der Waals surface area contributed by atoms with Crippen molar-refractivity contribution in [3.05, 3.63) is 30.1 Å². The molecule has 0 atom stereocenters. The number of pyridine rings is 1. The zero-order valence-electron chi connectivity index (χ0n) is 8.58. The van der Waals surface area contributed by atoms with E-state index < -0.39 is 0 Å². The van der Waals surface area contributed by atoms with Crippen molar-refractivity contribution in [3.63, 3.8) is 0 Å². The molecule has 0 aromatic carbocycles. The van der Waals surface area contributed by atoms with Crippen molar-refractivity contribution in [2.75, 3.05) is 13.1 Å². The molecule has 0 bridgehead atoms. The van der Waals surface area contributed by atoms with Crippen LogP contribution in [0.15, 0.2) is 24.5 Å². The molecule has 3 nitrogen and oxygen atoms in total. The molecule has 3 heteroatoms. The topological polar surface area (TPSA) is 45.0 Å². The highest BCUT2D eigenvalue weighted by molar-refractivity contribution is 5.06. The molecule has 0 amide bonds. The maximum Gasteiger partial charge on any atom is 0.104 e. The van der Waals surface area contributed by atoms with Gasteiger partial charge in [0.05, 0.1) is 19.1 Å². The molecular weight excluding hydrogens is 174 g/mol. The number of hydrogen-bond donors (Lipinski definition) is 2. The fourth-order valence-electron chi connectivity index (χ4n) is 2.05. The van der Waals surface area contributed by atoms with Crippen LogP contribution in [0.4, 0.5) is 0 Å². The van der Waals surface area contributed by atoms with E-state index in [4.69, 9.17) is 0 Å². The lowest BCUT2D eigenvalue weighted by atomic mass is 10.1. The smallest absolute Gasteiger partial charge is 0.104 e. The molecule has 1 saturated heterocycles. The van der Waals surface area contributed by atoms with Gasteiger partial charge in [-0.1, -0.05) is 6.07 Å². The van der Waals surface area contributed by atoms with Crippen molar-refractivity contribution in [2.24, 2.45) is 0 Å². The van der Waals surface area contributed by atoms with Crippen molar-refractivity contribution in [3.8, 4) is 0 Å². The molecular formula is C11H19N3+2. The Kier molecular flexibility index (Phi) is 3.11. The fraction of sp³-hybridized carbons (Fsp3) is 0.545. The number of likely N-dealkylation sites (tertiary alicyclic amines) is 1. The molecule has 76 valence electrons. The lowest BCUT2D eigenvalue weighted by Gasteiger charge is -2.25. The number of piperidine rings is 1. The van der Waals surface area contributed by atoms with Gasteiger partial charge in [-0.15, -0.1) is 0 Å². The van der Waals surface area contributed by atoms with Crippen LogP contribution in [0.5, 0.6) is 0 Å². The van der Waals surface area contributed by atoms with E-state index in [2.05, 4.69) is 16.8 Å². The molecule has 0 spiro atoms. The molecule has 4 N–H and O–H groups in total. The number of rotatable bonds is 2. The average Bonchev–Trinajstić information content (AvgIpc) is 2.23. The van der Waals surface area contributed by atoms with Gasteiger partial charge in [0.1, 0.15) is 6.54 Å². The van der Waals surface area contributed by atoms with Gasteiger partial charge in [-0.25, -0.2) is 0 Å². The van der Waals surface area contributed by atoms with E-state index in [0.29, 0.717) is 6.04 Å². The SMILES string of the molecule is [NH3+]C1CC[NH+](Cc2cccnc2)CC1. The minimum Gasteiger partial charge on any atom is -0.355 e. The van der Waals surface area contributed by atoms with Gasteiger partial charge in [-0.2, -0.15) is 0 Å². The van der Waals surface area contributed by atoms with Crippen molar-refractivity contribution in [1.82, 2.24) is 4.98 Å². The molecule has 1 aromatic rings. The summed E-state index contributed by atoms with van der Waals surface area (Å²) in [6.07, 6.45) is 6.36. The fourth-order valence-corrected chi connectivity index (χ4v) is 2.05. The lowest BCUT2D eigenvalue weighted by molar-refractivity contribution is -0.922. The van der Waals surface area contributed by atoms with E-state index in [1.807, 2.05) is 18.5 Å². The molecule has 2 rings (SSSR count). The highest BCUT2D eigenvalue weighted by Crippen LogP contribution is 1.96. The van der Waals surface area contributed by atoms with Crippen molar-refractivity contribution >= 4 is 0 Å². The summed E-state index contributed by atoms with van der Waals surface area (Å²) in [5.41, 5.74) is 5.47. The van der Waals surface area contributed by atoms with E-state index in [0.717, 1.165) is 6.54 Å². The van der Waals surface area contributed by atoms with E-state index >= 15 is 0 Å². The van der Waals surface area contributed by atoms with Crippen molar-refractivity contribution in [1.29, 1.82) is 0 Å². The molecule has 2 heterocycles. The Morgan fingerprint density at radius 1 is 1.43 bits per heavy atom. The summed E-state index contributed by atoms with van der Waals surface area (Å²) in [5, 5.41) is 0. The first-order valence-corrected chi connectivity index (χ1v) is 5.40. The first kappa shape index (κ1) is 9.62. The minimum absolute atomic E-state index is 0.688. The van der Waals surface area contributed by atoms with Gasteiger partial charge < -0.3 is 10.6 Å². The second kappa shape index (κ2) is 4.53. The first-order chi connectivity index (χ1) is 6.84. The second-order valence-electron chi connectivity index (χ2n) is 4.23. The Bertz CT molecular complexity index is 265. The van der Waals surface area contributed by atoms with Crippen LogP contribution >= 0.6 is 0 Å². The van der Waals surface area contributed by atoms with Crippen LogP contribution in [0.3, 0.4) is 0 Å². The third kappa shape index (κ3) is 2.53. The molecule has 14 heavy (non-hydrogen) atoms. The summed E-state index contributed by atoms with van der Waals surface area (Å²) < 4.78 is 0. The number of hydrogen-bond acceptors (Lipinski definition) is 1. The molecule has 1 aliphatic heterocycles. The number of nitrogens with one attached hydrogen (secondary N) is 1. The lowest BCUT2D eigenvalue weighted by Crippen LogP contribution is -3.12. The van der Waals surface area contributed by atoms with Crippen LogP contribution in [0.2, 0.25) is 0 Å². The molecule has 1 aromatic heterocycles. The van der Waals surface area contributed by atoms with Crippen LogP contribution in [0.25, 0.3) is 0 Å². The van der Waals surface area contributed by atoms with Gasteiger partial charge in [0.15, 0.2) is 0 Å². The monoisotopic (exact) mass is 193 g/mol. The molecule has 1 fully saturated rings. The highest BCUT2D eigenvalue weighted by Gasteiger charge is 2.21. The second-order valence-corrected chi connectivity index (χ2v) is 4.23. The highest BCUT2D eigenvalue weighted by atomic mass is 15.1. The Morgan fingerprint density at radius 3 is 2.86 bits per heavy atom. The minimum atomic E-state index is 0.688. The van der Waals surface area contributed by atoms with Crippen molar-refractivity contribution < 1.29 is 10.6 Å². The molecule has 0 unspecified atom stereocenters. The molecule has 1 aliphatic rings. The van der Waals surface area contributed by atoms with E-state index in [9.17, 15) is 0 Å². The van der Waals surface area contributed by atoms with Crippen LogP contribution in [-0.2, 0) is 6.54 Å². The largest absolute Gasteiger partial charge is 0.355 e. The van der Waals surface area contributed by atoms with Gasteiger partial charge in [0.2, 0.25) is 0 Å². The third-order valence-electron chi connectivity index (χ3n) is 2.99. The number of quaternary nitrogens is 2. The zero-order valence-corrected chi connectivity index (χ0v) is 8.58. The van der Waals surface area contributed by atoms with E-state index in [1.54, 1.807) is 4.90 Å². The molecule has 0 aliphatic carbocycles. The maximum atomic E-state index is 4.14. The molecule has 0 saturated carbocycles. The van der Waals surface area contributed by atoms with E-state index in [1.165, 1.54) is 31.5 Å². The predicted octanol–water partition coefficient (Wildman–Crippen LogP) is -1.13. The van der Waals surface area contributed by atoms with Gasteiger partial charge in [-0.3, -0.25) is 4.98 Å². The van der Waals surface area contributed by atoms with Gasteiger partial charge >= 0.3 is 0 Å². The third-order valence-corrected chi connectivity index (χ3v) is 2.99. The van der Waals surface area contributed by atoms with Crippen LogP contribution < -0.4 is 10.6 Å². The zero-order chi connectivity index (χ0) is 9.80. The normalized spacial score (nSPS) is 27.5. The van der Waals surface area contributed by atoms with Crippen molar-refractivity contribution in [2.45, 2.75) is 25.4 Å². The van der Waals surface area contributed by atoms with Crippen LogP contribution in [0.1, 0.15) is 18.4 Å². The van der Waals surface area contributed by atoms with Gasteiger partial charge in [0.25, 0.3) is 0 Å². The maximum absolute atomic E-state index is 4.14. The summed E-state index contributed by atoms with van der Waals surface area (Å²) in [6.45, 7) is 3.66. The summed E-state index contributed by atoms with van der Waals surface area (Å²) >= 11 is 0. The average molecular weight is 193 g/mol. The Hall–Kier alpha value is -0.930. The number of aromatic nitrogens is 1. The van der Waals surface area contributed by atoms with Gasteiger partial charge in [0, 0.05) is 30.8 Å².